The maximum absolute atomic E-state index is 11.9. The van der Waals surface area contributed by atoms with Crippen LogP contribution in [0.4, 0.5) is 0 Å². The Hall–Kier alpha value is -1.76. The molecule has 0 fully saturated rings. The first-order valence-corrected chi connectivity index (χ1v) is 7.59. The maximum Gasteiger partial charge on any atom is 0.311 e. The van der Waals surface area contributed by atoms with Gasteiger partial charge in [0.25, 0.3) is 5.91 Å². The highest BCUT2D eigenvalue weighted by Crippen LogP contribution is 2.33. The van der Waals surface area contributed by atoms with E-state index in [0.29, 0.717) is 28.1 Å². The number of ether oxygens (including phenoxy) is 3. The van der Waals surface area contributed by atoms with E-state index >= 15 is 0 Å². The number of nitrogens with one attached hydrogen (secondary N) is 1. The van der Waals surface area contributed by atoms with Crippen molar-refractivity contribution in [3.05, 3.63) is 22.2 Å². The Balaban J connectivity index is 2.78. The molecule has 1 N–H and O–H groups in total. The van der Waals surface area contributed by atoms with Crippen molar-refractivity contribution in [2.45, 2.75) is 26.4 Å². The molecule has 6 nitrogen and oxygen atoms in total. The molecule has 1 aromatic rings. The molecule has 1 amide bonds. The first-order valence-electron chi connectivity index (χ1n) is 6.80. The van der Waals surface area contributed by atoms with E-state index in [4.69, 9.17) is 14.2 Å². The second-order valence-electron chi connectivity index (χ2n) is 4.50. The van der Waals surface area contributed by atoms with Gasteiger partial charge in [-0.15, -0.1) is 0 Å². The summed E-state index contributed by atoms with van der Waals surface area (Å²) in [6.07, 6.45) is -0.809. The number of benzene rings is 1. The van der Waals surface area contributed by atoms with Crippen molar-refractivity contribution in [3.63, 3.8) is 0 Å². The van der Waals surface area contributed by atoms with Crippen molar-refractivity contribution in [2.75, 3.05) is 20.8 Å². The number of carbonyl (C=O) groups is 2. The molecule has 0 aliphatic carbocycles. The van der Waals surface area contributed by atoms with Crippen LogP contribution in [0.25, 0.3) is 0 Å². The lowest BCUT2D eigenvalue weighted by molar-refractivity contribution is -0.154. The van der Waals surface area contributed by atoms with Gasteiger partial charge in [-0.25, -0.2) is 0 Å². The van der Waals surface area contributed by atoms with Gasteiger partial charge in [-0.2, -0.15) is 0 Å². The molecule has 1 atom stereocenters. The Morgan fingerprint density at radius 1 is 1.23 bits per heavy atom. The summed E-state index contributed by atoms with van der Waals surface area (Å²) in [6, 6.07) is 3.41. The third-order valence-electron chi connectivity index (χ3n) is 2.92. The van der Waals surface area contributed by atoms with Gasteiger partial charge in [0.05, 0.1) is 20.6 Å². The van der Waals surface area contributed by atoms with Crippen LogP contribution in [0.15, 0.2) is 16.6 Å². The molecule has 0 bridgehead atoms. The lowest BCUT2D eigenvalue weighted by Crippen LogP contribution is -2.35. The van der Waals surface area contributed by atoms with Gasteiger partial charge < -0.3 is 19.5 Å². The number of esters is 1. The molecule has 0 saturated carbocycles. The highest BCUT2D eigenvalue weighted by molar-refractivity contribution is 9.10. The van der Waals surface area contributed by atoms with E-state index in [1.807, 2.05) is 0 Å². The molecule has 0 radical (unpaired) electrons. The second kappa shape index (κ2) is 8.63. The van der Waals surface area contributed by atoms with Gasteiger partial charge in [-0.05, 0) is 31.5 Å². The van der Waals surface area contributed by atoms with Crippen molar-refractivity contribution in [2.24, 2.45) is 0 Å². The maximum atomic E-state index is 11.9. The fourth-order valence-corrected chi connectivity index (χ4v) is 2.26. The number of hydrogen-bond donors (Lipinski definition) is 1. The molecule has 0 aliphatic rings. The van der Waals surface area contributed by atoms with Crippen LogP contribution < -0.4 is 14.8 Å². The van der Waals surface area contributed by atoms with Gasteiger partial charge in [0.1, 0.15) is 0 Å². The number of hydrogen-bond acceptors (Lipinski definition) is 5. The van der Waals surface area contributed by atoms with E-state index in [2.05, 4.69) is 21.2 Å². The molecule has 0 spiro atoms. The molecule has 122 valence electrons. The van der Waals surface area contributed by atoms with Crippen LogP contribution in [0.2, 0.25) is 0 Å². The molecule has 0 heterocycles. The van der Waals surface area contributed by atoms with E-state index in [-0.39, 0.29) is 12.3 Å². The topological polar surface area (TPSA) is 73.9 Å². The van der Waals surface area contributed by atoms with Crippen LogP contribution in [-0.2, 0) is 20.7 Å². The Labute approximate surface area is 138 Å². The minimum Gasteiger partial charge on any atom is -0.493 e. The quantitative estimate of drug-likeness (QED) is 0.740. The lowest BCUT2D eigenvalue weighted by atomic mass is 10.1. The minimum absolute atomic E-state index is 0.0185. The van der Waals surface area contributed by atoms with E-state index in [1.165, 1.54) is 21.1 Å². The summed E-state index contributed by atoms with van der Waals surface area (Å²) in [6.45, 7) is 3.82. The summed E-state index contributed by atoms with van der Waals surface area (Å²) in [5.41, 5.74) is 0.686. The van der Waals surface area contributed by atoms with Crippen LogP contribution in [0, 0.1) is 0 Å². The zero-order valence-electron chi connectivity index (χ0n) is 13.1. The number of rotatable bonds is 7. The number of amides is 1. The summed E-state index contributed by atoms with van der Waals surface area (Å²) in [5, 5.41) is 2.60. The zero-order valence-corrected chi connectivity index (χ0v) is 14.7. The van der Waals surface area contributed by atoms with Gasteiger partial charge in [0.2, 0.25) is 0 Å². The molecule has 0 unspecified atom stereocenters. The first kappa shape index (κ1) is 18.3. The summed E-state index contributed by atoms with van der Waals surface area (Å²) >= 11 is 3.38. The normalized spacial score (nSPS) is 11.5. The van der Waals surface area contributed by atoms with Crippen LogP contribution in [-0.4, -0.2) is 38.7 Å². The van der Waals surface area contributed by atoms with Crippen molar-refractivity contribution >= 4 is 27.8 Å². The average Bonchev–Trinajstić information content (AvgIpc) is 2.48. The van der Waals surface area contributed by atoms with Crippen LogP contribution in [0.5, 0.6) is 11.5 Å². The van der Waals surface area contributed by atoms with Gasteiger partial charge in [-0.3, -0.25) is 9.59 Å². The Morgan fingerprint density at radius 3 is 2.36 bits per heavy atom. The fourth-order valence-electron chi connectivity index (χ4n) is 1.80. The summed E-state index contributed by atoms with van der Waals surface area (Å²) in [4.78, 5) is 23.5. The summed E-state index contributed by atoms with van der Waals surface area (Å²) in [7, 11) is 3.05. The second-order valence-corrected chi connectivity index (χ2v) is 5.36. The molecule has 0 aromatic heterocycles. The van der Waals surface area contributed by atoms with Gasteiger partial charge in [-0.1, -0.05) is 15.9 Å². The SMILES string of the molecule is CCNC(=O)[C@@H](C)OC(=O)Cc1cc(OC)c(OC)cc1Br. The number of methoxy groups -OCH3 is 2. The standard InChI is InChI=1S/C15H20BrNO5/c1-5-17-15(19)9(2)22-14(18)7-10-6-12(20-3)13(21-4)8-11(10)16/h6,8-9H,5,7H2,1-4H3,(H,17,19)/t9-/m1/s1. The Kier molecular flexibility index (Phi) is 7.17. The zero-order chi connectivity index (χ0) is 16.7. The summed E-state index contributed by atoms with van der Waals surface area (Å²) in [5.74, 6) is 0.265. The van der Waals surface area contributed by atoms with Gasteiger partial charge in [0, 0.05) is 11.0 Å². The molecule has 0 saturated heterocycles. The smallest absolute Gasteiger partial charge is 0.311 e. The Bertz CT molecular complexity index is 547. The van der Waals surface area contributed by atoms with E-state index in [9.17, 15) is 9.59 Å². The van der Waals surface area contributed by atoms with Gasteiger partial charge >= 0.3 is 5.97 Å². The predicted molar refractivity (Wildman–Crippen MR) is 85.2 cm³/mol. The molecule has 0 aliphatic heterocycles. The monoisotopic (exact) mass is 373 g/mol. The molecule has 7 heteroatoms. The largest absolute Gasteiger partial charge is 0.493 e. The Morgan fingerprint density at radius 2 is 1.82 bits per heavy atom. The number of halogens is 1. The van der Waals surface area contributed by atoms with Crippen molar-refractivity contribution in [1.82, 2.24) is 5.32 Å². The van der Waals surface area contributed by atoms with Crippen molar-refractivity contribution in [1.29, 1.82) is 0 Å². The molecular formula is C15H20BrNO5. The van der Waals surface area contributed by atoms with Crippen molar-refractivity contribution < 1.29 is 23.8 Å². The molecule has 22 heavy (non-hydrogen) atoms. The highest BCUT2D eigenvalue weighted by Gasteiger charge is 2.19. The summed E-state index contributed by atoms with van der Waals surface area (Å²) < 4.78 is 16.2. The lowest BCUT2D eigenvalue weighted by Gasteiger charge is -2.14. The number of likely N-dealkylation sites (N-methyl/N-ethyl adjacent to an activating group) is 1. The van der Waals surface area contributed by atoms with E-state index in [0.717, 1.165) is 0 Å². The third kappa shape index (κ3) is 4.91. The molecule has 1 rings (SSSR count). The van der Waals surface area contributed by atoms with Crippen molar-refractivity contribution in [3.8, 4) is 11.5 Å². The fraction of sp³-hybridized carbons (Fsp3) is 0.467. The van der Waals surface area contributed by atoms with E-state index < -0.39 is 12.1 Å². The van der Waals surface area contributed by atoms with Gasteiger partial charge in [0.15, 0.2) is 17.6 Å². The van der Waals surface area contributed by atoms with Crippen LogP contribution in [0.3, 0.4) is 0 Å². The minimum atomic E-state index is -0.827. The predicted octanol–water partition coefficient (Wildman–Crippen LogP) is 2.08. The number of carbonyl (C=O) groups excluding carboxylic acids is 2. The molecule has 1 aromatic carbocycles. The average molecular weight is 374 g/mol. The van der Waals surface area contributed by atoms with Crippen LogP contribution >= 0.6 is 15.9 Å². The highest BCUT2D eigenvalue weighted by atomic mass is 79.9. The molecular weight excluding hydrogens is 354 g/mol. The first-order chi connectivity index (χ1) is 10.4. The van der Waals surface area contributed by atoms with E-state index in [1.54, 1.807) is 19.1 Å². The third-order valence-corrected chi connectivity index (χ3v) is 3.65. The van der Waals surface area contributed by atoms with Crippen LogP contribution in [0.1, 0.15) is 19.4 Å².